The molecule has 0 fully saturated rings. The van der Waals surface area contributed by atoms with E-state index >= 15 is 0 Å². The van der Waals surface area contributed by atoms with E-state index in [1.165, 1.54) is 41.9 Å². The normalized spacial score (nSPS) is 12.7. The molecule has 1 aromatic heterocycles. The number of anilines is 3. The van der Waals surface area contributed by atoms with Crippen LogP contribution < -0.4 is 10.2 Å². The molecule has 0 spiro atoms. The van der Waals surface area contributed by atoms with Crippen molar-refractivity contribution in [3.8, 4) is 0 Å². The first kappa shape index (κ1) is 19.1. The maximum Gasteiger partial charge on any atom is 0.248 e. The van der Waals surface area contributed by atoms with Gasteiger partial charge in [0, 0.05) is 24.1 Å². The maximum absolute atomic E-state index is 12.3. The van der Waals surface area contributed by atoms with Crippen LogP contribution in [0.3, 0.4) is 0 Å². The van der Waals surface area contributed by atoms with E-state index in [0.29, 0.717) is 10.8 Å². The topological polar surface area (TPSA) is 62.3 Å². The van der Waals surface area contributed by atoms with Crippen LogP contribution in [0, 0.1) is 0 Å². The highest BCUT2D eigenvalue weighted by Crippen LogP contribution is 2.29. The number of hydrogen-bond acceptors (Lipinski definition) is 4. The van der Waals surface area contributed by atoms with Gasteiger partial charge in [-0.3, -0.25) is 14.5 Å². The second kappa shape index (κ2) is 8.41. The van der Waals surface area contributed by atoms with Gasteiger partial charge in [-0.05, 0) is 60.7 Å². The second-order valence-corrected chi connectivity index (χ2v) is 7.74. The molecular formula is C23H21N3O2S. The Labute approximate surface area is 173 Å². The second-order valence-electron chi connectivity index (χ2n) is 6.90. The van der Waals surface area contributed by atoms with E-state index in [2.05, 4.69) is 22.4 Å². The van der Waals surface area contributed by atoms with Crippen molar-refractivity contribution in [2.75, 3.05) is 10.2 Å². The molecule has 2 aromatic carbocycles. The number of aryl methyl sites for hydroxylation is 2. The van der Waals surface area contributed by atoms with Crippen molar-refractivity contribution in [1.82, 2.24) is 4.98 Å². The Kier molecular flexibility index (Phi) is 5.53. The molecule has 1 heterocycles. The van der Waals surface area contributed by atoms with Crippen molar-refractivity contribution in [2.24, 2.45) is 0 Å². The number of rotatable bonds is 5. The first-order chi connectivity index (χ1) is 14.1. The van der Waals surface area contributed by atoms with E-state index in [0.717, 1.165) is 24.2 Å². The Balaban J connectivity index is 1.44. The smallest absolute Gasteiger partial charge is 0.248 e. The van der Waals surface area contributed by atoms with Crippen LogP contribution in [0.1, 0.15) is 30.2 Å². The van der Waals surface area contributed by atoms with Crippen LogP contribution in [0.2, 0.25) is 0 Å². The molecule has 0 bridgehead atoms. The lowest BCUT2D eigenvalue weighted by molar-refractivity contribution is -0.116. The molecule has 1 aliphatic rings. The van der Waals surface area contributed by atoms with Crippen molar-refractivity contribution >= 4 is 45.7 Å². The summed E-state index contributed by atoms with van der Waals surface area (Å²) in [5.41, 5.74) is 4.91. The molecule has 3 aromatic rings. The Morgan fingerprint density at radius 1 is 1.10 bits per heavy atom. The van der Waals surface area contributed by atoms with Crippen LogP contribution in [-0.4, -0.2) is 16.8 Å². The van der Waals surface area contributed by atoms with Crippen LogP contribution in [0.5, 0.6) is 0 Å². The van der Waals surface area contributed by atoms with Gasteiger partial charge in [0.05, 0.1) is 11.4 Å². The SMILES string of the molecule is CC(=O)N(c1ccccc1)c1nc(C=CC(=O)Nc2ccc3c(c2)CCC3)cs1. The largest absolute Gasteiger partial charge is 0.323 e. The minimum atomic E-state index is -0.205. The van der Waals surface area contributed by atoms with Crippen molar-refractivity contribution < 1.29 is 9.59 Å². The molecule has 0 aliphatic heterocycles. The van der Waals surface area contributed by atoms with Gasteiger partial charge in [-0.1, -0.05) is 24.3 Å². The molecule has 1 N–H and O–H groups in total. The molecule has 0 atom stereocenters. The average Bonchev–Trinajstić information content (AvgIpc) is 3.36. The van der Waals surface area contributed by atoms with Gasteiger partial charge >= 0.3 is 0 Å². The van der Waals surface area contributed by atoms with Crippen molar-refractivity contribution in [2.45, 2.75) is 26.2 Å². The number of amides is 2. The highest BCUT2D eigenvalue weighted by atomic mass is 32.1. The molecule has 0 radical (unpaired) electrons. The molecule has 2 amide bonds. The number of fused-ring (bicyclic) bond motifs is 1. The van der Waals surface area contributed by atoms with Crippen LogP contribution >= 0.6 is 11.3 Å². The number of nitrogens with one attached hydrogen (secondary N) is 1. The van der Waals surface area contributed by atoms with Crippen LogP contribution in [0.4, 0.5) is 16.5 Å². The summed E-state index contributed by atoms with van der Waals surface area (Å²) in [5, 5.41) is 5.30. The highest BCUT2D eigenvalue weighted by Gasteiger charge is 2.17. The fraction of sp³-hybridized carbons (Fsp3) is 0.174. The van der Waals surface area contributed by atoms with Gasteiger partial charge < -0.3 is 5.32 Å². The number of benzene rings is 2. The molecule has 0 saturated heterocycles. The maximum atomic E-state index is 12.3. The van der Waals surface area contributed by atoms with E-state index in [1.807, 2.05) is 41.8 Å². The molecule has 6 heteroatoms. The average molecular weight is 404 g/mol. The summed E-state index contributed by atoms with van der Waals surface area (Å²) < 4.78 is 0. The third kappa shape index (κ3) is 4.43. The monoisotopic (exact) mass is 403 g/mol. The summed E-state index contributed by atoms with van der Waals surface area (Å²) in [4.78, 5) is 30.4. The van der Waals surface area contributed by atoms with E-state index in [9.17, 15) is 9.59 Å². The van der Waals surface area contributed by atoms with Crippen molar-refractivity contribution in [3.05, 3.63) is 76.8 Å². The quantitative estimate of drug-likeness (QED) is 0.612. The van der Waals surface area contributed by atoms with Crippen LogP contribution in [0.25, 0.3) is 6.08 Å². The van der Waals surface area contributed by atoms with Gasteiger partial charge in [-0.15, -0.1) is 11.3 Å². The Morgan fingerprint density at radius 3 is 2.69 bits per heavy atom. The van der Waals surface area contributed by atoms with E-state index in [1.54, 1.807) is 11.0 Å². The predicted molar refractivity (Wildman–Crippen MR) is 118 cm³/mol. The predicted octanol–water partition coefficient (Wildman–Crippen LogP) is 4.97. The lowest BCUT2D eigenvalue weighted by Gasteiger charge is -2.17. The van der Waals surface area contributed by atoms with Crippen molar-refractivity contribution in [3.63, 3.8) is 0 Å². The standard InChI is InChI=1S/C23H21N3O2S/c1-16(27)26(21-8-3-2-4-9-21)23-25-20(15-29-23)12-13-22(28)24-19-11-10-17-6-5-7-18(17)14-19/h2-4,8-15H,5-7H2,1H3,(H,24,28). The van der Waals surface area contributed by atoms with Gasteiger partial charge in [0.25, 0.3) is 0 Å². The van der Waals surface area contributed by atoms with E-state index < -0.39 is 0 Å². The molecule has 0 unspecified atom stereocenters. The van der Waals surface area contributed by atoms with E-state index in [-0.39, 0.29) is 11.8 Å². The highest BCUT2D eigenvalue weighted by molar-refractivity contribution is 7.14. The molecular weight excluding hydrogens is 382 g/mol. The van der Waals surface area contributed by atoms with Gasteiger partial charge in [0.15, 0.2) is 5.13 Å². The van der Waals surface area contributed by atoms with Gasteiger partial charge in [0.2, 0.25) is 11.8 Å². The Morgan fingerprint density at radius 2 is 1.90 bits per heavy atom. The number of hydrogen-bond donors (Lipinski definition) is 1. The number of para-hydroxylation sites is 1. The van der Waals surface area contributed by atoms with Crippen LogP contribution in [0.15, 0.2) is 60.0 Å². The summed E-state index contributed by atoms with van der Waals surface area (Å²) in [6, 6.07) is 15.5. The number of thiazole rings is 1. The molecule has 146 valence electrons. The van der Waals surface area contributed by atoms with Gasteiger partial charge in [-0.25, -0.2) is 4.98 Å². The van der Waals surface area contributed by atoms with Crippen molar-refractivity contribution in [1.29, 1.82) is 0 Å². The number of aromatic nitrogens is 1. The fourth-order valence-corrected chi connectivity index (χ4v) is 4.31. The summed E-state index contributed by atoms with van der Waals surface area (Å²) in [6.07, 6.45) is 6.50. The molecule has 0 saturated carbocycles. The van der Waals surface area contributed by atoms with Gasteiger partial charge in [-0.2, -0.15) is 0 Å². The minimum absolute atomic E-state index is 0.115. The Bertz CT molecular complexity index is 1070. The molecule has 1 aliphatic carbocycles. The lowest BCUT2D eigenvalue weighted by atomic mass is 10.1. The minimum Gasteiger partial charge on any atom is -0.323 e. The van der Waals surface area contributed by atoms with Crippen LogP contribution in [-0.2, 0) is 22.4 Å². The first-order valence-electron chi connectivity index (χ1n) is 9.52. The first-order valence-corrected chi connectivity index (χ1v) is 10.4. The Hall–Kier alpha value is -3.25. The summed E-state index contributed by atoms with van der Waals surface area (Å²) in [7, 11) is 0. The zero-order valence-electron chi connectivity index (χ0n) is 16.1. The third-order valence-electron chi connectivity index (χ3n) is 4.80. The number of carbonyl (C=O) groups is 2. The lowest BCUT2D eigenvalue weighted by Crippen LogP contribution is -2.22. The summed E-state index contributed by atoms with van der Waals surface area (Å²) >= 11 is 1.36. The zero-order chi connectivity index (χ0) is 20.2. The summed E-state index contributed by atoms with van der Waals surface area (Å²) in [6.45, 7) is 1.51. The third-order valence-corrected chi connectivity index (χ3v) is 5.65. The molecule has 29 heavy (non-hydrogen) atoms. The molecule has 5 nitrogen and oxygen atoms in total. The summed E-state index contributed by atoms with van der Waals surface area (Å²) in [5.74, 6) is -0.320. The van der Waals surface area contributed by atoms with E-state index in [4.69, 9.17) is 0 Å². The fourth-order valence-electron chi connectivity index (χ4n) is 3.45. The zero-order valence-corrected chi connectivity index (χ0v) is 16.9. The number of nitrogens with zero attached hydrogens (tertiary/aromatic N) is 2. The molecule has 4 rings (SSSR count). The van der Waals surface area contributed by atoms with Gasteiger partial charge in [0.1, 0.15) is 0 Å². The number of carbonyl (C=O) groups excluding carboxylic acids is 2.